The Labute approximate surface area is 116 Å². The summed E-state index contributed by atoms with van der Waals surface area (Å²) >= 11 is 0. The second-order valence-electron chi connectivity index (χ2n) is 4.63. The minimum atomic E-state index is -0.215. The van der Waals surface area contributed by atoms with Gasteiger partial charge in [-0.2, -0.15) is 0 Å². The number of hydrogen-bond donors (Lipinski definition) is 3. The van der Waals surface area contributed by atoms with Gasteiger partial charge in [0.25, 0.3) is 5.56 Å². The predicted molar refractivity (Wildman–Crippen MR) is 80.9 cm³/mol. The van der Waals surface area contributed by atoms with Crippen LogP contribution in [0, 0.1) is 0 Å². The summed E-state index contributed by atoms with van der Waals surface area (Å²) in [5, 5.41) is 3.49. The quantitative estimate of drug-likeness (QED) is 0.422. The van der Waals surface area contributed by atoms with Crippen molar-refractivity contribution in [2.45, 2.75) is 6.92 Å². The molecule has 0 bridgehead atoms. The van der Waals surface area contributed by atoms with Crippen LogP contribution < -0.4 is 16.6 Å². The van der Waals surface area contributed by atoms with E-state index < -0.39 is 0 Å². The van der Waals surface area contributed by atoms with Crippen LogP contribution >= 0.6 is 0 Å². The number of aromatic amines is 1. The Morgan fingerprint density at radius 1 is 1.55 bits per heavy atom. The van der Waals surface area contributed by atoms with E-state index in [1.165, 1.54) is 0 Å². The highest BCUT2D eigenvalue weighted by Crippen LogP contribution is 2.12. The summed E-state index contributed by atoms with van der Waals surface area (Å²) in [4.78, 5) is 18.9. The molecule has 2 aromatic rings. The first-order chi connectivity index (χ1) is 9.56. The van der Waals surface area contributed by atoms with E-state index in [1.807, 2.05) is 6.92 Å². The Hall–Kier alpha value is -2.34. The highest BCUT2D eigenvalue weighted by atomic mass is 16.5. The lowest BCUT2D eigenvalue weighted by Gasteiger charge is -2.07. The molecule has 6 heteroatoms. The maximum Gasteiger partial charge on any atom is 0.260 e. The zero-order valence-corrected chi connectivity index (χ0v) is 11.4. The topological polar surface area (TPSA) is 93.0 Å². The van der Waals surface area contributed by atoms with Crippen molar-refractivity contribution in [3.05, 3.63) is 40.7 Å². The van der Waals surface area contributed by atoms with Gasteiger partial charge in [0.15, 0.2) is 0 Å². The van der Waals surface area contributed by atoms with Crippen molar-refractivity contribution in [1.82, 2.24) is 9.97 Å². The van der Waals surface area contributed by atoms with Crippen LogP contribution in [0.1, 0.15) is 6.92 Å². The maximum atomic E-state index is 11.9. The van der Waals surface area contributed by atoms with Gasteiger partial charge in [0, 0.05) is 12.2 Å². The summed E-state index contributed by atoms with van der Waals surface area (Å²) in [5.74, 6) is 0.422. The zero-order chi connectivity index (χ0) is 14.5. The van der Waals surface area contributed by atoms with E-state index in [2.05, 4.69) is 21.9 Å². The van der Waals surface area contributed by atoms with Gasteiger partial charge < -0.3 is 15.8 Å². The molecule has 1 aromatic carbocycles. The van der Waals surface area contributed by atoms with Gasteiger partial charge in [0.2, 0.25) is 5.95 Å². The van der Waals surface area contributed by atoms with E-state index in [1.54, 1.807) is 18.2 Å². The Balaban J connectivity index is 2.03. The number of aromatic nitrogens is 2. The van der Waals surface area contributed by atoms with Crippen molar-refractivity contribution in [3.63, 3.8) is 0 Å². The van der Waals surface area contributed by atoms with Gasteiger partial charge in [-0.1, -0.05) is 12.2 Å². The van der Waals surface area contributed by atoms with Crippen molar-refractivity contribution < 1.29 is 4.74 Å². The van der Waals surface area contributed by atoms with Crippen LogP contribution in [0.25, 0.3) is 10.9 Å². The third-order valence-electron chi connectivity index (χ3n) is 2.62. The van der Waals surface area contributed by atoms with Crippen LogP contribution in [0.5, 0.6) is 0 Å². The van der Waals surface area contributed by atoms with Gasteiger partial charge in [0.05, 0.1) is 24.1 Å². The van der Waals surface area contributed by atoms with Gasteiger partial charge >= 0.3 is 0 Å². The lowest BCUT2D eigenvalue weighted by molar-refractivity contribution is 0.167. The smallest absolute Gasteiger partial charge is 0.260 e. The zero-order valence-electron chi connectivity index (χ0n) is 11.4. The van der Waals surface area contributed by atoms with E-state index in [9.17, 15) is 4.79 Å². The molecule has 1 heterocycles. The predicted octanol–water partition coefficient (Wildman–Crippen LogP) is 1.51. The summed E-state index contributed by atoms with van der Waals surface area (Å²) in [6, 6.07) is 5.05. The largest absolute Gasteiger partial charge is 0.399 e. The molecule has 0 fully saturated rings. The molecule has 2 rings (SSSR count). The molecule has 0 aliphatic carbocycles. The summed E-state index contributed by atoms with van der Waals surface area (Å²) in [6.07, 6.45) is 0. The number of nitrogens with two attached hydrogens (primary N) is 1. The van der Waals surface area contributed by atoms with E-state index in [4.69, 9.17) is 10.5 Å². The van der Waals surface area contributed by atoms with Gasteiger partial charge in [-0.25, -0.2) is 4.98 Å². The molecular formula is C14H18N4O2. The van der Waals surface area contributed by atoms with Crippen LogP contribution in [0.4, 0.5) is 11.6 Å². The number of H-pyrrole nitrogens is 1. The molecule has 6 nitrogen and oxygen atoms in total. The lowest BCUT2D eigenvalue weighted by atomic mass is 10.2. The molecule has 0 atom stereocenters. The third kappa shape index (κ3) is 3.58. The number of hydrogen-bond acceptors (Lipinski definition) is 5. The molecule has 0 radical (unpaired) electrons. The molecule has 0 aliphatic heterocycles. The molecule has 106 valence electrons. The van der Waals surface area contributed by atoms with Crippen LogP contribution in [-0.2, 0) is 4.74 Å². The summed E-state index contributed by atoms with van der Waals surface area (Å²) in [7, 11) is 0. The first kappa shape index (κ1) is 14.1. The van der Waals surface area contributed by atoms with Gasteiger partial charge in [0.1, 0.15) is 0 Å². The van der Waals surface area contributed by atoms with E-state index in [0.717, 1.165) is 5.57 Å². The highest BCUT2D eigenvalue weighted by molar-refractivity contribution is 5.81. The molecule has 0 saturated carbocycles. The summed E-state index contributed by atoms with van der Waals surface area (Å²) < 4.78 is 5.35. The molecule has 0 saturated heterocycles. The number of nitrogen functional groups attached to an aromatic ring is 1. The minimum Gasteiger partial charge on any atom is -0.399 e. The standard InChI is InChI=1S/C14H18N4O2/c1-9(2)8-20-6-5-16-14-17-12-4-3-10(15)7-11(12)13(19)18-14/h3-4,7H,1,5-6,8,15H2,2H3,(H2,16,17,18,19). The fraction of sp³-hybridized carbons (Fsp3) is 0.286. The van der Waals surface area contributed by atoms with Crippen molar-refractivity contribution in [2.75, 3.05) is 30.8 Å². The Kier molecular flexibility index (Phi) is 4.37. The number of anilines is 2. The number of benzene rings is 1. The van der Waals surface area contributed by atoms with Crippen LogP contribution in [0.3, 0.4) is 0 Å². The van der Waals surface area contributed by atoms with E-state index >= 15 is 0 Å². The average Bonchev–Trinajstić information content (AvgIpc) is 2.39. The summed E-state index contributed by atoms with van der Waals surface area (Å²) in [5.41, 5.74) is 7.55. The molecule has 4 N–H and O–H groups in total. The lowest BCUT2D eigenvalue weighted by Crippen LogP contribution is -2.16. The molecule has 0 spiro atoms. The Morgan fingerprint density at radius 3 is 3.10 bits per heavy atom. The monoisotopic (exact) mass is 274 g/mol. The molecule has 20 heavy (non-hydrogen) atoms. The molecule has 0 amide bonds. The van der Waals surface area contributed by atoms with Crippen molar-refractivity contribution in [1.29, 1.82) is 0 Å². The van der Waals surface area contributed by atoms with Crippen molar-refractivity contribution in [3.8, 4) is 0 Å². The van der Waals surface area contributed by atoms with Crippen LogP contribution in [0.2, 0.25) is 0 Å². The molecule has 0 aliphatic rings. The fourth-order valence-electron chi connectivity index (χ4n) is 1.73. The van der Waals surface area contributed by atoms with Crippen LogP contribution in [-0.4, -0.2) is 29.7 Å². The maximum absolute atomic E-state index is 11.9. The fourth-order valence-corrected chi connectivity index (χ4v) is 1.73. The second kappa shape index (κ2) is 6.21. The molecular weight excluding hydrogens is 256 g/mol. The van der Waals surface area contributed by atoms with E-state index in [0.29, 0.717) is 42.3 Å². The normalized spacial score (nSPS) is 10.7. The van der Waals surface area contributed by atoms with Gasteiger partial charge in [-0.05, 0) is 25.1 Å². The number of fused-ring (bicyclic) bond motifs is 1. The van der Waals surface area contributed by atoms with Crippen LogP contribution in [0.15, 0.2) is 35.1 Å². The Morgan fingerprint density at radius 2 is 2.35 bits per heavy atom. The van der Waals surface area contributed by atoms with E-state index in [-0.39, 0.29) is 5.56 Å². The first-order valence-electron chi connectivity index (χ1n) is 6.32. The molecule has 1 aromatic heterocycles. The van der Waals surface area contributed by atoms with Crippen molar-refractivity contribution in [2.24, 2.45) is 0 Å². The number of rotatable bonds is 6. The average molecular weight is 274 g/mol. The summed E-state index contributed by atoms with van der Waals surface area (Å²) in [6.45, 7) is 7.25. The highest BCUT2D eigenvalue weighted by Gasteiger charge is 2.03. The second-order valence-corrected chi connectivity index (χ2v) is 4.63. The molecule has 0 unspecified atom stereocenters. The SMILES string of the molecule is C=C(C)COCCNc1nc2ccc(N)cc2c(=O)[nH]1. The first-order valence-corrected chi connectivity index (χ1v) is 6.32. The van der Waals surface area contributed by atoms with Gasteiger partial charge in [-0.15, -0.1) is 0 Å². The number of nitrogens with one attached hydrogen (secondary N) is 2. The van der Waals surface area contributed by atoms with Gasteiger partial charge in [-0.3, -0.25) is 9.78 Å². The Bertz CT molecular complexity index is 678. The number of ether oxygens (including phenoxy) is 1. The third-order valence-corrected chi connectivity index (χ3v) is 2.62. The number of nitrogens with zero attached hydrogens (tertiary/aromatic N) is 1. The van der Waals surface area contributed by atoms with Crippen molar-refractivity contribution >= 4 is 22.5 Å². The minimum absolute atomic E-state index is 0.215.